The van der Waals surface area contributed by atoms with E-state index in [1.807, 2.05) is 29.3 Å². The Hall–Kier alpha value is -2.24. The van der Waals surface area contributed by atoms with E-state index < -0.39 is 0 Å². The van der Waals surface area contributed by atoms with E-state index in [9.17, 15) is 5.11 Å². The number of aliphatic hydroxyl groups is 1. The molecule has 0 saturated carbocycles. The third kappa shape index (κ3) is 1.93. The molecule has 1 aromatic heterocycles. The summed E-state index contributed by atoms with van der Waals surface area (Å²) in [6, 6.07) is 11.7. The van der Waals surface area contributed by atoms with E-state index in [1.54, 1.807) is 17.3 Å². The van der Waals surface area contributed by atoms with Crippen molar-refractivity contribution in [1.29, 1.82) is 0 Å². The number of aliphatic hydroxyl groups excluding tert-OH is 1. The maximum absolute atomic E-state index is 10.5. The predicted molar refractivity (Wildman–Crippen MR) is 81.8 cm³/mol. The minimum atomic E-state index is 0.202. The van der Waals surface area contributed by atoms with Crippen LogP contribution in [0.4, 0.5) is 11.4 Å². The lowest BCUT2D eigenvalue weighted by Crippen LogP contribution is -2.43. The normalized spacial score (nSPS) is 17.0. The van der Waals surface area contributed by atoms with Crippen molar-refractivity contribution in [3.63, 3.8) is 0 Å². The van der Waals surface area contributed by atoms with Crippen molar-refractivity contribution in [3.8, 4) is 0 Å². The van der Waals surface area contributed by atoms with E-state index in [1.165, 1.54) is 5.56 Å². The van der Waals surface area contributed by atoms with Gasteiger partial charge in [-0.3, -0.25) is 5.01 Å². The van der Waals surface area contributed by atoms with Crippen molar-refractivity contribution in [3.05, 3.63) is 64.9 Å². The summed E-state index contributed by atoms with van der Waals surface area (Å²) in [4.78, 5) is 4.05. The zero-order chi connectivity index (χ0) is 14.4. The lowest BCUT2D eigenvalue weighted by atomic mass is 10.0. The molecule has 2 aromatic rings. The van der Waals surface area contributed by atoms with Crippen LogP contribution in [0.3, 0.4) is 0 Å². The molecule has 0 bridgehead atoms. The van der Waals surface area contributed by atoms with Crippen molar-refractivity contribution in [2.24, 2.45) is 0 Å². The highest BCUT2D eigenvalue weighted by Crippen LogP contribution is 2.37. The lowest BCUT2D eigenvalue weighted by molar-refractivity contribution is 0.386. The molecule has 3 heterocycles. The second-order valence-corrected chi connectivity index (χ2v) is 5.40. The van der Waals surface area contributed by atoms with Crippen molar-refractivity contribution in [2.75, 3.05) is 10.0 Å². The number of pyridine rings is 1. The first kappa shape index (κ1) is 12.5. The van der Waals surface area contributed by atoms with Crippen molar-refractivity contribution in [1.82, 2.24) is 10.5 Å². The number of aromatic nitrogens is 1. The Bertz CT molecular complexity index is 729. The molecule has 6 heteroatoms. The fourth-order valence-corrected chi connectivity index (χ4v) is 2.85. The largest absolute Gasteiger partial charge is 0.492 e. The number of allylic oxidation sites excluding steroid dienone is 1. The van der Waals surface area contributed by atoms with Gasteiger partial charge in [0.1, 0.15) is 5.15 Å². The number of hydrazine groups is 2. The molecule has 5 nitrogen and oxygen atoms in total. The van der Waals surface area contributed by atoms with Crippen LogP contribution >= 0.6 is 11.6 Å². The average Bonchev–Trinajstić information content (AvgIpc) is 2.86. The number of nitrogens with one attached hydrogen (secondary N) is 1. The smallest absolute Gasteiger partial charge is 0.229 e. The van der Waals surface area contributed by atoms with Crippen LogP contribution in [0.1, 0.15) is 12.0 Å². The molecule has 0 spiro atoms. The Balaban J connectivity index is 1.74. The molecule has 106 valence electrons. The first-order valence-electron chi connectivity index (χ1n) is 6.72. The molecule has 0 atom stereocenters. The quantitative estimate of drug-likeness (QED) is 0.792. The van der Waals surface area contributed by atoms with Gasteiger partial charge in [0.2, 0.25) is 5.88 Å². The monoisotopic (exact) mass is 300 g/mol. The predicted octanol–water partition coefficient (Wildman–Crippen LogP) is 3.15. The third-order valence-corrected chi connectivity index (χ3v) is 4.00. The van der Waals surface area contributed by atoms with E-state index in [-0.39, 0.29) is 5.88 Å². The van der Waals surface area contributed by atoms with Gasteiger partial charge >= 0.3 is 0 Å². The van der Waals surface area contributed by atoms with Gasteiger partial charge in [-0.2, -0.15) is 0 Å². The SMILES string of the molecule is OC1=C2CCc3ccccc3N2NN1c1ccc(Cl)nc1. The third-order valence-electron chi connectivity index (χ3n) is 3.77. The first-order chi connectivity index (χ1) is 10.2. The number of halogens is 1. The Morgan fingerprint density at radius 1 is 1.10 bits per heavy atom. The molecule has 1 aromatic carbocycles. The van der Waals surface area contributed by atoms with E-state index in [0.717, 1.165) is 29.9 Å². The number of fused-ring (bicyclic) bond motifs is 3. The van der Waals surface area contributed by atoms with Crippen LogP contribution in [0, 0.1) is 0 Å². The standard InChI is InChI=1S/C15H13ClN4O/c16-14-8-6-11(9-17-14)19-15(21)13-7-5-10-3-1-2-4-12(10)20(13)18-19/h1-4,6,8-9,18,21H,5,7H2. The Morgan fingerprint density at radius 3 is 2.76 bits per heavy atom. The number of hydrogen-bond donors (Lipinski definition) is 2. The molecule has 0 saturated heterocycles. The Labute approximate surface area is 127 Å². The van der Waals surface area contributed by atoms with Gasteiger partial charge < -0.3 is 5.11 Å². The Morgan fingerprint density at radius 2 is 1.95 bits per heavy atom. The van der Waals surface area contributed by atoms with E-state index in [0.29, 0.717) is 5.15 Å². The minimum absolute atomic E-state index is 0.202. The summed E-state index contributed by atoms with van der Waals surface area (Å²) < 4.78 is 0. The summed E-state index contributed by atoms with van der Waals surface area (Å²) in [5.74, 6) is 0.202. The summed E-state index contributed by atoms with van der Waals surface area (Å²) in [6.45, 7) is 0. The lowest BCUT2D eigenvalue weighted by Gasteiger charge is -2.29. The molecule has 0 fully saturated rings. The molecule has 2 aliphatic heterocycles. The van der Waals surface area contributed by atoms with Crippen LogP contribution in [0.5, 0.6) is 0 Å². The number of rotatable bonds is 1. The topological polar surface area (TPSA) is 51.6 Å². The zero-order valence-corrected chi connectivity index (χ0v) is 11.9. The molecule has 2 aliphatic rings. The van der Waals surface area contributed by atoms with Crippen LogP contribution in [-0.4, -0.2) is 10.1 Å². The average molecular weight is 301 g/mol. The molecule has 0 radical (unpaired) electrons. The summed E-state index contributed by atoms with van der Waals surface area (Å²) in [5, 5.41) is 14.4. The highest BCUT2D eigenvalue weighted by molar-refractivity contribution is 6.29. The van der Waals surface area contributed by atoms with Gasteiger partial charge in [-0.05, 0) is 36.6 Å². The Kier molecular flexibility index (Phi) is 2.77. The minimum Gasteiger partial charge on any atom is -0.492 e. The highest BCUT2D eigenvalue weighted by atomic mass is 35.5. The number of aryl methyl sites for hydroxylation is 1. The van der Waals surface area contributed by atoms with E-state index >= 15 is 0 Å². The number of para-hydroxylation sites is 1. The summed E-state index contributed by atoms with van der Waals surface area (Å²) in [5.41, 5.74) is 7.12. The summed E-state index contributed by atoms with van der Waals surface area (Å²) >= 11 is 5.81. The van der Waals surface area contributed by atoms with Crippen LogP contribution in [0.15, 0.2) is 54.2 Å². The van der Waals surface area contributed by atoms with Crippen LogP contribution < -0.4 is 15.6 Å². The molecule has 0 aliphatic carbocycles. The number of benzene rings is 1. The zero-order valence-electron chi connectivity index (χ0n) is 11.1. The first-order valence-corrected chi connectivity index (χ1v) is 7.10. The molecule has 2 N–H and O–H groups in total. The maximum Gasteiger partial charge on any atom is 0.229 e. The summed E-state index contributed by atoms with van der Waals surface area (Å²) in [7, 11) is 0. The van der Waals surface area contributed by atoms with Gasteiger partial charge in [-0.15, -0.1) is 5.53 Å². The van der Waals surface area contributed by atoms with Gasteiger partial charge in [-0.25, -0.2) is 9.99 Å². The number of nitrogens with zero attached hydrogens (tertiary/aromatic N) is 3. The van der Waals surface area contributed by atoms with Crippen LogP contribution in [0.25, 0.3) is 0 Å². The molecule has 0 unspecified atom stereocenters. The molecule has 0 amide bonds. The van der Waals surface area contributed by atoms with Gasteiger partial charge in [0, 0.05) is 0 Å². The molecule has 4 rings (SSSR count). The molecule has 21 heavy (non-hydrogen) atoms. The highest BCUT2D eigenvalue weighted by Gasteiger charge is 2.34. The number of hydrogen-bond acceptors (Lipinski definition) is 5. The van der Waals surface area contributed by atoms with Gasteiger partial charge in [0.25, 0.3) is 0 Å². The van der Waals surface area contributed by atoms with E-state index in [4.69, 9.17) is 11.6 Å². The summed E-state index contributed by atoms with van der Waals surface area (Å²) in [6.07, 6.45) is 3.32. The number of anilines is 2. The maximum atomic E-state index is 10.5. The van der Waals surface area contributed by atoms with E-state index in [2.05, 4.69) is 16.6 Å². The van der Waals surface area contributed by atoms with Crippen LogP contribution in [0.2, 0.25) is 5.15 Å². The van der Waals surface area contributed by atoms with Crippen LogP contribution in [-0.2, 0) is 6.42 Å². The van der Waals surface area contributed by atoms with Crippen molar-refractivity contribution < 1.29 is 5.11 Å². The molecular weight excluding hydrogens is 288 g/mol. The molecular formula is C15H13ClN4O. The fraction of sp³-hybridized carbons (Fsp3) is 0.133. The second-order valence-electron chi connectivity index (χ2n) is 5.01. The second kappa shape index (κ2) is 4.65. The van der Waals surface area contributed by atoms with Crippen molar-refractivity contribution >= 4 is 23.0 Å². The fourth-order valence-electron chi connectivity index (χ4n) is 2.73. The van der Waals surface area contributed by atoms with Gasteiger partial charge in [0.05, 0.1) is 23.3 Å². The van der Waals surface area contributed by atoms with Gasteiger partial charge in [-0.1, -0.05) is 29.8 Å². The van der Waals surface area contributed by atoms with Crippen molar-refractivity contribution in [2.45, 2.75) is 12.8 Å². The van der Waals surface area contributed by atoms with Gasteiger partial charge in [0.15, 0.2) is 0 Å².